The minimum atomic E-state index is -0.925. The van der Waals surface area contributed by atoms with Gasteiger partial charge in [0.1, 0.15) is 11.9 Å². The number of rotatable bonds is 6. The standard InChI is InChI=1S/C22H32FN3O3/c1-14(20(24)22(28)26-12-11-17(23)13-26)15-3-7-18(8-4-15)25-21(27)16-5-9-19(29-2)10-6-16/h5-6,9-10,14-15,17-18,20H,3-4,7-8,11-13,24H2,1-2H3,(H,25,27)/t14-,15?,17-,18?,20-/m0/s1. The third-order valence-corrected chi connectivity index (χ3v) is 6.50. The van der Waals surface area contributed by atoms with Crippen molar-refractivity contribution in [1.82, 2.24) is 10.2 Å². The van der Waals surface area contributed by atoms with Gasteiger partial charge in [0, 0.05) is 18.2 Å². The average Bonchev–Trinajstić information content (AvgIpc) is 3.19. The van der Waals surface area contributed by atoms with Crippen molar-refractivity contribution < 1.29 is 18.7 Å². The molecule has 6 nitrogen and oxygen atoms in total. The maximum atomic E-state index is 13.4. The lowest BCUT2D eigenvalue weighted by molar-refractivity contribution is -0.133. The van der Waals surface area contributed by atoms with E-state index in [1.807, 2.05) is 6.92 Å². The van der Waals surface area contributed by atoms with Crippen LogP contribution in [0.1, 0.15) is 49.4 Å². The van der Waals surface area contributed by atoms with Crippen LogP contribution >= 0.6 is 0 Å². The molecule has 1 aliphatic heterocycles. The van der Waals surface area contributed by atoms with Crippen molar-refractivity contribution >= 4 is 11.8 Å². The monoisotopic (exact) mass is 405 g/mol. The number of nitrogens with two attached hydrogens (primary N) is 1. The van der Waals surface area contributed by atoms with Crippen molar-refractivity contribution in [3.63, 3.8) is 0 Å². The molecule has 1 saturated carbocycles. The van der Waals surface area contributed by atoms with Crippen LogP contribution in [0.2, 0.25) is 0 Å². The molecule has 0 spiro atoms. The third kappa shape index (κ3) is 5.26. The minimum Gasteiger partial charge on any atom is -0.497 e. The molecule has 0 unspecified atom stereocenters. The fourth-order valence-electron chi connectivity index (χ4n) is 4.45. The van der Waals surface area contributed by atoms with Gasteiger partial charge >= 0.3 is 0 Å². The second kappa shape index (κ2) is 9.57. The fourth-order valence-corrected chi connectivity index (χ4v) is 4.45. The molecule has 3 atom stereocenters. The van der Waals surface area contributed by atoms with Gasteiger partial charge in [-0.25, -0.2) is 4.39 Å². The molecule has 2 amide bonds. The number of carbonyl (C=O) groups excluding carboxylic acids is 2. The predicted molar refractivity (Wildman–Crippen MR) is 109 cm³/mol. The van der Waals surface area contributed by atoms with Crippen LogP contribution in [0, 0.1) is 11.8 Å². The maximum Gasteiger partial charge on any atom is 0.251 e. The quantitative estimate of drug-likeness (QED) is 0.762. The molecule has 0 radical (unpaired) electrons. The Balaban J connectivity index is 1.46. The third-order valence-electron chi connectivity index (χ3n) is 6.50. The molecule has 1 aliphatic carbocycles. The summed E-state index contributed by atoms with van der Waals surface area (Å²) in [4.78, 5) is 26.6. The number of ether oxygens (including phenoxy) is 1. The van der Waals surface area contributed by atoms with Crippen LogP contribution in [0.15, 0.2) is 24.3 Å². The lowest BCUT2D eigenvalue weighted by Gasteiger charge is -2.35. The van der Waals surface area contributed by atoms with E-state index in [1.165, 1.54) is 0 Å². The minimum absolute atomic E-state index is 0.0411. The Morgan fingerprint density at radius 3 is 2.38 bits per heavy atom. The summed E-state index contributed by atoms with van der Waals surface area (Å²) in [5.41, 5.74) is 6.85. The molecule has 0 aromatic heterocycles. The molecule has 3 rings (SSSR count). The number of amides is 2. The highest BCUT2D eigenvalue weighted by atomic mass is 19.1. The molecule has 2 fully saturated rings. The van der Waals surface area contributed by atoms with Gasteiger partial charge < -0.3 is 20.7 Å². The highest BCUT2D eigenvalue weighted by molar-refractivity contribution is 5.94. The van der Waals surface area contributed by atoms with Crippen molar-refractivity contribution in [3.05, 3.63) is 29.8 Å². The molecule has 1 saturated heterocycles. The van der Waals surface area contributed by atoms with E-state index in [2.05, 4.69) is 5.32 Å². The number of hydrogen-bond donors (Lipinski definition) is 2. The van der Waals surface area contributed by atoms with Crippen LogP contribution < -0.4 is 15.8 Å². The summed E-state index contributed by atoms with van der Waals surface area (Å²) in [6.07, 6.45) is 3.06. The zero-order valence-electron chi connectivity index (χ0n) is 17.3. The summed E-state index contributed by atoms with van der Waals surface area (Å²) >= 11 is 0. The highest BCUT2D eigenvalue weighted by Gasteiger charge is 2.36. The van der Waals surface area contributed by atoms with Crippen LogP contribution in [-0.4, -0.2) is 55.2 Å². The van der Waals surface area contributed by atoms with Gasteiger partial charge in [0.15, 0.2) is 0 Å². The molecule has 1 aromatic rings. The smallest absolute Gasteiger partial charge is 0.251 e. The molecular weight excluding hydrogens is 373 g/mol. The predicted octanol–water partition coefficient (Wildman–Crippen LogP) is 2.52. The molecule has 1 heterocycles. The first-order valence-corrected chi connectivity index (χ1v) is 10.5. The van der Waals surface area contributed by atoms with Crippen LogP contribution in [0.4, 0.5) is 4.39 Å². The van der Waals surface area contributed by atoms with Crippen molar-refractivity contribution in [1.29, 1.82) is 0 Å². The Labute approximate surface area is 172 Å². The first-order chi connectivity index (χ1) is 13.9. The molecule has 29 heavy (non-hydrogen) atoms. The van der Waals surface area contributed by atoms with E-state index in [0.29, 0.717) is 24.4 Å². The summed E-state index contributed by atoms with van der Waals surface area (Å²) < 4.78 is 18.5. The van der Waals surface area contributed by atoms with Crippen LogP contribution in [0.3, 0.4) is 0 Å². The van der Waals surface area contributed by atoms with Gasteiger partial charge in [0.2, 0.25) is 5.91 Å². The molecule has 7 heteroatoms. The van der Waals surface area contributed by atoms with Gasteiger partial charge in [-0.05, 0) is 68.2 Å². The lowest BCUT2D eigenvalue weighted by atomic mass is 9.76. The SMILES string of the molecule is COc1ccc(C(=O)NC2CCC([C@H](C)[C@H](N)C(=O)N3CC[C@H](F)C3)CC2)cc1. The second-order valence-corrected chi connectivity index (χ2v) is 8.37. The number of benzene rings is 1. The first kappa shape index (κ1) is 21.6. The van der Waals surface area contributed by atoms with Gasteiger partial charge in [-0.2, -0.15) is 0 Å². The van der Waals surface area contributed by atoms with Crippen LogP contribution in [0.25, 0.3) is 0 Å². The zero-order chi connectivity index (χ0) is 21.0. The van der Waals surface area contributed by atoms with Crippen molar-refractivity contribution in [2.24, 2.45) is 17.6 Å². The maximum absolute atomic E-state index is 13.4. The van der Waals surface area contributed by atoms with Crippen LogP contribution in [0.5, 0.6) is 5.75 Å². The second-order valence-electron chi connectivity index (χ2n) is 8.37. The van der Waals surface area contributed by atoms with E-state index in [-0.39, 0.29) is 30.3 Å². The lowest BCUT2D eigenvalue weighted by Crippen LogP contribution is -2.49. The number of likely N-dealkylation sites (tertiary alicyclic amines) is 1. The van der Waals surface area contributed by atoms with Crippen molar-refractivity contribution in [2.45, 2.75) is 57.3 Å². The van der Waals surface area contributed by atoms with E-state index < -0.39 is 12.2 Å². The number of nitrogens with zero attached hydrogens (tertiary/aromatic N) is 1. The number of carbonyl (C=O) groups is 2. The summed E-state index contributed by atoms with van der Waals surface area (Å²) in [6.45, 7) is 2.65. The number of halogens is 1. The number of nitrogens with one attached hydrogen (secondary N) is 1. The highest BCUT2D eigenvalue weighted by Crippen LogP contribution is 2.32. The first-order valence-electron chi connectivity index (χ1n) is 10.5. The molecule has 3 N–H and O–H groups in total. The Morgan fingerprint density at radius 1 is 1.17 bits per heavy atom. The topological polar surface area (TPSA) is 84.7 Å². The Kier molecular flexibility index (Phi) is 7.11. The summed E-state index contributed by atoms with van der Waals surface area (Å²) in [6, 6.07) is 6.61. The fraction of sp³-hybridized carbons (Fsp3) is 0.636. The average molecular weight is 406 g/mol. The Hall–Kier alpha value is -2.15. The van der Waals surface area contributed by atoms with E-state index in [9.17, 15) is 14.0 Å². The Bertz CT molecular complexity index is 704. The van der Waals surface area contributed by atoms with E-state index in [1.54, 1.807) is 36.3 Å². The van der Waals surface area contributed by atoms with Gasteiger partial charge in [0.25, 0.3) is 5.91 Å². The number of methoxy groups -OCH3 is 1. The van der Waals surface area contributed by atoms with Gasteiger partial charge in [-0.3, -0.25) is 9.59 Å². The molecular formula is C22H32FN3O3. The number of alkyl halides is 1. The van der Waals surface area contributed by atoms with Crippen molar-refractivity contribution in [3.8, 4) is 5.75 Å². The summed E-state index contributed by atoms with van der Waals surface area (Å²) in [7, 11) is 1.59. The number of hydrogen-bond acceptors (Lipinski definition) is 4. The van der Waals surface area contributed by atoms with Gasteiger partial charge in [-0.15, -0.1) is 0 Å². The summed E-state index contributed by atoms with van der Waals surface area (Å²) in [5, 5.41) is 3.11. The van der Waals surface area contributed by atoms with Crippen molar-refractivity contribution in [2.75, 3.05) is 20.2 Å². The van der Waals surface area contributed by atoms with Gasteiger partial charge in [-0.1, -0.05) is 6.92 Å². The largest absolute Gasteiger partial charge is 0.497 e. The molecule has 0 bridgehead atoms. The van der Waals surface area contributed by atoms with E-state index in [0.717, 1.165) is 31.4 Å². The van der Waals surface area contributed by atoms with Crippen LogP contribution in [-0.2, 0) is 4.79 Å². The summed E-state index contributed by atoms with van der Waals surface area (Å²) in [5.74, 6) is 0.891. The zero-order valence-corrected chi connectivity index (χ0v) is 17.3. The van der Waals surface area contributed by atoms with E-state index >= 15 is 0 Å². The van der Waals surface area contributed by atoms with E-state index in [4.69, 9.17) is 10.5 Å². The molecule has 2 aliphatic rings. The van der Waals surface area contributed by atoms with Gasteiger partial charge in [0.05, 0.1) is 19.7 Å². The Morgan fingerprint density at radius 2 is 1.83 bits per heavy atom. The normalized spacial score (nSPS) is 26.6. The molecule has 160 valence electrons. The molecule has 1 aromatic carbocycles.